The van der Waals surface area contributed by atoms with Crippen LogP contribution in [0.25, 0.3) is 0 Å². The lowest BCUT2D eigenvalue weighted by Gasteiger charge is -2.12. The minimum Gasteiger partial charge on any atom is -0.289 e. The number of alkyl halides is 3. The van der Waals surface area contributed by atoms with Gasteiger partial charge in [-0.3, -0.25) is 9.78 Å². The SMILES string of the molecule is O=C(c1cccnc1)c1ccc(Br)cc1C(F)(F)F. The lowest BCUT2D eigenvalue weighted by atomic mass is 9.99. The topological polar surface area (TPSA) is 30.0 Å². The number of carbonyl (C=O) groups excluding carboxylic acids is 1. The highest BCUT2D eigenvalue weighted by atomic mass is 79.9. The third kappa shape index (κ3) is 3.01. The largest absolute Gasteiger partial charge is 0.417 e. The van der Waals surface area contributed by atoms with Crippen molar-refractivity contribution < 1.29 is 18.0 Å². The fourth-order valence-corrected chi connectivity index (χ4v) is 1.96. The number of rotatable bonds is 2. The first-order chi connectivity index (χ1) is 8.89. The molecular weight excluding hydrogens is 323 g/mol. The Hall–Kier alpha value is -1.69. The van der Waals surface area contributed by atoms with E-state index in [1.54, 1.807) is 0 Å². The second-order valence-corrected chi connectivity index (χ2v) is 4.67. The maximum Gasteiger partial charge on any atom is 0.417 e. The van der Waals surface area contributed by atoms with Crippen LogP contribution in [0.2, 0.25) is 0 Å². The van der Waals surface area contributed by atoms with E-state index in [4.69, 9.17) is 0 Å². The monoisotopic (exact) mass is 329 g/mol. The van der Waals surface area contributed by atoms with E-state index in [0.717, 1.165) is 12.1 Å². The van der Waals surface area contributed by atoms with Gasteiger partial charge in [0.2, 0.25) is 0 Å². The van der Waals surface area contributed by atoms with Gasteiger partial charge in [0.25, 0.3) is 0 Å². The number of halogens is 4. The fraction of sp³-hybridized carbons (Fsp3) is 0.0769. The standard InChI is InChI=1S/C13H7BrF3NO/c14-9-3-4-10(11(6-9)13(15,16)17)12(19)8-2-1-5-18-7-8/h1-7H. The molecule has 0 saturated heterocycles. The Bertz CT molecular complexity index is 611. The Morgan fingerprint density at radius 3 is 2.53 bits per heavy atom. The Morgan fingerprint density at radius 2 is 1.95 bits per heavy atom. The molecule has 2 aromatic rings. The zero-order valence-electron chi connectivity index (χ0n) is 9.41. The molecule has 98 valence electrons. The van der Waals surface area contributed by atoms with Gasteiger partial charge in [0.05, 0.1) is 5.56 Å². The van der Waals surface area contributed by atoms with Crippen LogP contribution < -0.4 is 0 Å². The van der Waals surface area contributed by atoms with Crippen molar-refractivity contribution in [2.45, 2.75) is 6.18 Å². The average Bonchev–Trinajstić information content (AvgIpc) is 2.38. The van der Waals surface area contributed by atoms with E-state index in [2.05, 4.69) is 20.9 Å². The van der Waals surface area contributed by atoms with Crippen molar-refractivity contribution in [3.05, 3.63) is 63.9 Å². The van der Waals surface area contributed by atoms with E-state index in [9.17, 15) is 18.0 Å². The van der Waals surface area contributed by atoms with Crippen LogP contribution in [0.15, 0.2) is 47.2 Å². The fourth-order valence-electron chi connectivity index (χ4n) is 1.60. The molecule has 0 aliphatic carbocycles. The molecule has 0 unspecified atom stereocenters. The van der Waals surface area contributed by atoms with Gasteiger partial charge in [-0.05, 0) is 30.3 Å². The summed E-state index contributed by atoms with van der Waals surface area (Å²) in [4.78, 5) is 15.8. The zero-order valence-corrected chi connectivity index (χ0v) is 11.0. The van der Waals surface area contributed by atoms with Crippen molar-refractivity contribution in [3.63, 3.8) is 0 Å². The number of hydrogen-bond donors (Lipinski definition) is 0. The van der Waals surface area contributed by atoms with Gasteiger partial charge in [0.1, 0.15) is 0 Å². The lowest BCUT2D eigenvalue weighted by molar-refractivity contribution is -0.137. The second-order valence-electron chi connectivity index (χ2n) is 3.76. The van der Waals surface area contributed by atoms with E-state index >= 15 is 0 Å². The van der Waals surface area contributed by atoms with Crippen LogP contribution >= 0.6 is 15.9 Å². The van der Waals surface area contributed by atoms with Crippen molar-refractivity contribution in [1.82, 2.24) is 4.98 Å². The summed E-state index contributed by atoms with van der Waals surface area (Å²) in [6.07, 6.45) is -1.90. The third-order valence-corrected chi connectivity index (χ3v) is 2.95. The van der Waals surface area contributed by atoms with E-state index in [-0.39, 0.29) is 15.6 Å². The van der Waals surface area contributed by atoms with Gasteiger partial charge in [0, 0.05) is 28.0 Å². The number of carbonyl (C=O) groups is 1. The molecule has 1 heterocycles. The van der Waals surface area contributed by atoms with Crippen molar-refractivity contribution >= 4 is 21.7 Å². The van der Waals surface area contributed by atoms with Crippen LogP contribution in [0.1, 0.15) is 21.5 Å². The average molecular weight is 330 g/mol. The molecule has 0 aliphatic heterocycles. The third-order valence-electron chi connectivity index (χ3n) is 2.46. The van der Waals surface area contributed by atoms with Gasteiger partial charge in [0.15, 0.2) is 5.78 Å². The summed E-state index contributed by atoms with van der Waals surface area (Å²) >= 11 is 2.97. The molecule has 0 spiro atoms. The minimum atomic E-state index is -4.59. The molecule has 6 heteroatoms. The summed E-state index contributed by atoms with van der Waals surface area (Å²) in [5.74, 6) is -0.701. The maximum absolute atomic E-state index is 12.9. The molecule has 2 nitrogen and oxygen atoms in total. The van der Waals surface area contributed by atoms with Crippen molar-refractivity contribution in [3.8, 4) is 0 Å². The smallest absolute Gasteiger partial charge is 0.289 e. The predicted molar refractivity (Wildman–Crippen MR) is 66.8 cm³/mol. The number of hydrogen-bond acceptors (Lipinski definition) is 2. The number of aromatic nitrogens is 1. The van der Waals surface area contributed by atoms with Crippen molar-refractivity contribution in [2.75, 3.05) is 0 Å². The lowest BCUT2D eigenvalue weighted by Crippen LogP contribution is -2.14. The van der Waals surface area contributed by atoms with Crippen LogP contribution in [0.4, 0.5) is 13.2 Å². The summed E-state index contributed by atoms with van der Waals surface area (Å²) in [6, 6.07) is 6.38. The maximum atomic E-state index is 12.9. The summed E-state index contributed by atoms with van der Waals surface area (Å²) in [5, 5.41) is 0. The van der Waals surface area contributed by atoms with Crippen LogP contribution in [0.3, 0.4) is 0 Å². The summed E-state index contributed by atoms with van der Waals surface area (Å²) in [7, 11) is 0. The van der Waals surface area contributed by atoms with E-state index < -0.39 is 17.5 Å². The van der Waals surface area contributed by atoms with Gasteiger partial charge >= 0.3 is 6.18 Å². The summed E-state index contributed by atoms with van der Waals surface area (Å²) in [6.45, 7) is 0. The molecule has 1 aromatic heterocycles. The molecule has 0 bridgehead atoms. The highest BCUT2D eigenvalue weighted by molar-refractivity contribution is 9.10. The number of nitrogens with zero attached hydrogens (tertiary/aromatic N) is 1. The molecule has 0 amide bonds. The van der Waals surface area contributed by atoms with Crippen molar-refractivity contribution in [2.24, 2.45) is 0 Å². The van der Waals surface area contributed by atoms with Gasteiger partial charge in [-0.15, -0.1) is 0 Å². The van der Waals surface area contributed by atoms with Gasteiger partial charge in [-0.2, -0.15) is 13.2 Å². The Balaban J connectivity index is 2.54. The molecular formula is C13H7BrF3NO. The van der Waals surface area contributed by atoms with E-state index in [1.807, 2.05) is 0 Å². The molecule has 0 fully saturated rings. The normalized spacial score (nSPS) is 11.4. The molecule has 0 aliphatic rings. The van der Waals surface area contributed by atoms with Crippen LogP contribution in [-0.4, -0.2) is 10.8 Å². The Morgan fingerprint density at radius 1 is 1.21 bits per heavy atom. The molecule has 0 saturated carbocycles. The molecule has 19 heavy (non-hydrogen) atoms. The zero-order chi connectivity index (χ0) is 14.0. The van der Waals surface area contributed by atoms with Gasteiger partial charge < -0.3 is 0 Å². The van der Waals surface area contributed by atoms with Crippen LogP contribution in [-0.2, 0) is 6.18 Å². The van der Waals surface area contributed by atoms with Gasteiger partial charge in [-0.1, -0.05) is 15.9 Å². The highest BCUT2D eigenvalue weighted by Gasteiger charge is 2.35. The van der Waals surface area contributed by atoms with E-state index in [0.29, 0.717) is 0 Å². The summed E-state index contributed by atoms with van der Waals surface area (Å²) in [5.41, 5.74) is -1.23. The quantitative estimate of drug-likeness (QED) is 0.776. The van der Waals surface area contributed by atoms with Crippen LogP contribution in [0, 0.1) is 0 Å². The predicted octanol–water partition coefficient (Wildman–Crippen LogP) is 4.09. The first-order valence-corrected chi connectivity index (χ1v) is 6.00. The molecule has 2 rings (SSSR count). The highest BCUT2D eigenvalue weighted by Crippen LogP contribution is 2.34. The van der Waals surface area contributed by atoms with Gasteiger partial charge in [-0.25, -0.2) is 0 Å². The first-order valence-electron chi connectivity index (χ1n) is 5.21. The minimum absolute atomic E-state index is 0.121. The molecule has 0 radical (unpaired) electrons. The molecule has 0 N–H and O–H groups in total. The first kappa shape index (κ1) is 13.7. The van der Waals surface area contributed by atoms with E-state index in [1.165, 1.54) is 30.6 Å². The number of ketones is 1. The second kappa shape index (κ2) is 5.13. The van der Waals surface area contributed by atoms with Crippen molar-refractivity contribution in [1.29, 1.82) is 0 Å². The number of benzene rings is 1. The number of pyridine rings is 1. The molecule has 0 atom stereocenters. The molecule has 1 aromatic carbocycles. The van der Waals surface area contributed by atoms with Crippen LogP contribution in [0.5, 0.6) is 0 Å². The summed E-state index contributed by atoms with van der Waals surface area (Å²) < 4.78 is 39.0. The Kier molecular flexibility index (Phi) is 3.71. The Labute approximate surface area is 115 Å².